The van der Waals surface area contributed by atoms with Gasteiger partial charge in [-0.25, -0.2) is 9.78 Å². The number of pyridine rings is 1. The zero-order valence-corrected chi connectivity index (χ0v) is 18.6. The third kappa shape index (κ3) is 5.77. The van der Waals surface area contributed by atoms with E-state index in [4.69, 9.17) is 27.9 Å². The molecule has 1 fully saturated rings. The number of hydrogen-bond acceptors (Lipinski definition) is 5. The maximum Gasteiger partial charge on any atom is 0.410 e. The lowest BCUT2D eigenvalue weighted by atomic mass is 10.2. The molecule has 30 heavy (non-hydrogen) atoms. The molecule has 0 bridgehead atoms. The summed E-state index contributed by atoms with van der Waals surface area (Å²) < 4.78 is 5.41. The fourth-order valence-electron chi connectivity index (χ4n) is 2.98. The van der Waals surface area contributed by atoms with Crippen molar-refractivity contribution in [1.29, 1.82) is 0 Å². The van der Waals surface area contributed by atoms with Gasteiger partial charge in [-0.3, -0.25) is 4.79 Å². The van der Waals surface area contributed by atoms with Crippen LogP contribution in [0.1, 0.15) is 31.1 Å². The Hall–Kier alpha value is -2.51. The quantitative estimate of drug-likeness (QED) is 0.733. The molecular formula is C21H24Cl2N4O3. The van der Waals surface area contributed by atoms with Gasteiger partial charge in [0.25, 0.3) is 5.91 Å². The molecule has 0 atom stereocenters. The van der Waals surface area contributed by atoms with Gasteiger partial charge in [0.15, 0.2) is 0 Å². The molecule has 1 saturated heterocycles. The molecule has 0 radical (unpaired) electrons. The molecule has 3 rings (SSSR count). The predicted octanol–water partition coefficient (Wildman–Crippen LogP) is 4.70. The molecule has 2 aromatic rings. The molecule has 160 valence electrons. The van der Waals surface area contributed by atoms with E-state index in [0.717, 1.165) is 0 Å². The number of ether oxygens (including phenoxy) is 1. The second-order valence-corrected chi connectivity index (χ2v) is 8.79. The number of halogens is 2. The average molecular weight is 451 g/mol. The smallest absolute Gasteiger partial charge is 0.410 e. The first kappa shape index (κ1) is 22.2. The molecule has 2 heterocycles. The number of amides is 2. The summed E-state index contributed by atoms with van der Waals surface area (Å²) in [5, 5.41) is 3.68. The van der Waals surface area contributed by atoms with Gasteiger partial charge in [0.2, 0.25) is 0 Å². The van der Waals surface area contributed by atoms with Gasteiger partial charge in [0, 0.05) is 43.1 Å². The third-order valence-corrected chi connectivity index (χ3v) is 4.91. The predicted molar refractivity (Wildman–Crippen MR) is 119 cm³/mol. The van der Waals surface area contributed by atoms with Crippen LogP contribution in [0.2, 0.25) is 10.0 Å². The van der Waals surface area contributed by atoms with Crippen molar-refractivity contribution in [3.05, 3.63) is 52.1 Å². The van der Waals surface area contributed by atoms with Crippen molar-refractivity contribution in [3.8, 4) is 0 Å². The maximum absolute atomic E-state index is 12.5. The van der Waals surface area contributed by atoms with E-state index >= 15 is 0 Å². The molecule has 7 nitrogen and oxygen atoms in total. The molecule has 1 aromatic carbocycles. The highest BCUT2D eigenvalue weighted by Crippen LogP contribution is 2.26. The fourth-order valence-corrected chi connectivity index (χ4v) is 3.46. The molecule has 0 aliphatic carbocycles. The Morgan fingerprint density at radius 1 is 1.10 bits per heavy atom. The Labute approximate surface area is 185 Å². The molecule has 9 heteroatoms. The molecule has 0 saturated carbocycles. The molecule has 1 aromatic heterocycles. The zero-order valence-electron chi connectivity index (χ0n) is 17.1. The molecule has 1 aliphatic heterocycles. The van der Waals surface area contributed by atoms with E-state index in [2.05, 4.69) is 10.3 Å². The van der Waals surface area contributed by atoms with Crippen molar-refractivity contribution < 1.29 is 14.3 Å². The van der Waals surface area contributed by atoms with Crippen LogP contribution in [0.5, 0.6) is 0 Å². The van der Waals surface area contributed by atoms with Crippen LogP contribution in [0.25, 0.3) is 0 Å². The number of nitrogens with zero attached hydrogens (tertiary/aromatic N) is 3. The van der Waals surface area contributed by atoms with Crippen molar-refractivity contribution in [2.45, 2.75) is 26.4 Å². The van der Waals surface area contributed by atoms with Gasteiger partial charge in [-0.15, -0.1) is 0 Å². The summed E-state index contributed by atoms with van der Waals surface area (Å²) >= 11 is 12.4. The average Bonchev–Trinajstić information content (AvgIpc) is 2.67. The summed E-state index contributed by atoms with van der Waals surface area (Å²) in [5.41, 5.74) is 0.405. The van der Waals surface area contributed by atoms with Gasteiger partial charge in [0.05, 0.1) is 10.6 Å². The first-order valence-corrected chi connectivity index (χ1v) is 10.3. The van der Waals surface area contributed by atoms with Crippen LogP contribution in [0.15, 0.2) is 36.5 Å². The van der Waals surface area contributed by atoms with E-state index in [0.29, 0.717) is 53.3 Å². The fraction of sp³-hybridized carbons (Fsp3) is 0.381. The van der Waals surface area contributed by atoms with Crippen molar-refractivity contribution >= 4 is 46.7 Å². The second kappa shape index (κ2) is 9.10. The first-order chi connectivity index (χ1) is 14.1. The number of nitrogens with one attached hydrogen (secondary N) is 1. The summed E-state index contributed by atoms with van der Waals surface area (Å²) in [6.07, 6.45) is 1.16. The van der Waals surface area contributed by atoms with Crippen LogP contribution in [-0.4, -0.2) is 53.7 Å². The van der Waals surface area contributed by atoms with Crippen LogP contribution >= 0.6 is 23.2 Å². The number of anilines is 2. The number of piperazine rings is 1. The van der Waals surface area contributed by atoms with Gasteiger partial charge in [-0.2, -0.15) is 0 Å². The molecule has 1 N–H and O–H groups in total. The highest BCUT2D eigenvalue weighted by Gasteiger charge is 2.27. The lowest BCUT2D eigenvalue weighted by molar-refractivity contribution is 0.0240. The van der Waals surface area contributed by atoms with Crippen LogP contribution in [0, 0.1) is 0 Å². The molecule has 0 unspecified atom stereocenters. The Balaban J connectivity index is 1.62. The molecule has 2 amide bonds. The van der Waals surface area contributed by atoms with E-state index in [9.17, 15) is 9.59 Å². The summed E-state index contributed by atoms with van der Waals surface area (Å²) in [7, 11) is 0. The topological polar surface area (TPSA) is 74.8 Å². The number of aromatic nitrogens is 1. The van der Waals surface area contributed by atoms with E-state index in [1.165, 1.54) is 6.20 Å². The molecular weight excluding hydrogens is 427 g/mol. The van der Waals surface area contributed by atoms with Gasteiger partial charge in [-0.05, 0) is 45.0 Å². The van der Waals surface area contributed by atoms with E-state index in [1.807, 2.05) is 25.7 Å². The summed E-state index contributed by atoms with van der Waals surface area (Å²) in [6, 6.07) is 8.48. The van der Waals surface area contributed by atoms with E-state index in [-0.39, 0.29) is 12.0 Å². The van der Waals surface area contributed by atoms with Gasteiger partial charge < -0.3 is 19.9 Å². The Kier molecular flexibility index (Phi) is 6.73. The maximum atomic E-state index is 12.5. The SMILES string of the molecule is CC(C)(C)OC(=O)N1CCN(c2ncc(C(=O)Nc3cccc(Cl)c3)cc2Cl)CC1. The van der Waals surface area contributed by atoms with Crippen LogP contribution < -0.4 is 10.2 Å². The standard InChI is InChI=1S/C21H24Cl2N4O3/c1-21(2,3)30-20(29)27-9-7-26(8-10-27)18-17(23)11-14(13-24-18)19(28)25-16-6-4-5-15(22)12-16/h4-6,11-13H,7-10H2,1-3H3,(H,25,28). The van der Waals surface area contributed by atoms with Crippen molar-refractivity contribution in [2.75, 3.05) is 36.4 Å². The third-order valence-electron chi connectivity index (χ3n) is 4.40. The lowest BCUT2D eigenvalue weighted by Gasteiger charge is -2.36. The van der Waals surface area contributed by atoms with E-state index in [1.54, 1.807) is 35.2 Å². The minimum Gasteiger partial charge on any atom is -0.444 e. The van der Waals surface area contributed by atoms with Crippen LogP contribution in [0.4, 0.5) is 16.3 Å². The Morgan fingerprint density at radius 2 is 1.80 bits per heavy atom. The Bertz CT molecular complexity index is 938. The normalized spacial score (nSPS) is 14.4. The summed E-state index contributed by atoms with van der Waals surface area (Å²) in [4.78, 5) is 32.7. The van der Waals surface area contributed by atoms with Crippen LogP contribution in [0.3, 0.4) is 0 Å². The molecule has 0 spiro atoms. The van der Waals surface area contributed by atoms with Gasteiger partial charge >= 0.3 is 6.09 Å². The van der Waals surface area contributed by atoms with Crippen molar-refractivity contribution in [2.24, 2.45) is 0 Å². The van der Waals surface area contributed by atoms with Gasteiger partial charge in [-0.1, -0.05) is 29.3 Å². The monoisotopic (exact) mass is 450 g/mol. The Morgan fingerprint density at radius 3 is 2.40 bits per heavy atom. The number of carbonyl (C=O) groups excluding carboxylic acids is 2. The number of benzene rings is 1. The van der Waals surface area contributed by atoms with Gasteiger partial charge in [0.1, 0.15) is 11.4 Å². The zero-order chi connectivity index (χ0) is 21.9. The number of rotatable bonds is 3. The first-order valence-electron chi connectivity index (χ1n) is 9.58. The minimum absolute atomic E-state index is 0.325. The highest BCUT2D eigenvalue weighted by molar-refractivity contribution is 6.33. The number of carbonyl (C=O) groups is 2. The largest absolute Gasteiger partial charge is 0.444 e. The van der Waals surface area contributed by atoms with Crippen molar-refractivity contribution in [1.82, 2.24) is 9.88 Å². The minimum atomic E-state index is -0.527. The molecule has 1 aliphatic rings. The highest BCUT2D eigenvalue weighted by atomic mass is 35.5. The lowest BCUT2D eigenvalue weighted by Crippen LogP contribution is -2.50. The summed E-state index contributed by atoms with van der Waals surface area (Å²) in [5.74, 6) is 0.257. The second-order valence-electron chi connectivity index (χ2n) is 7.95. The number of hydrogen-bond donors (Lipinski definition) is 1. The van der Waals surface area contributed by atoms with Crippen LogP contribution in [-0.2, 0) is 4.74 Å². The van der Waals surface area contributed by atoms with E-state index < -0.39 is 5.60 Å². The summed E-state index contributed by atoms with van der Waals surface area (Å²) in [6.45, 7) is 7.67. The van der Waals surface area contributed by atoms with Crippen molar-refractivity contribution in [3.63, 3.8) is 0 Å².